The molecule has 1 heterocycles. The van der Waals surface area contributed by atoms with Crippen LogP contribution in [0.4, 0.5) is 5.69 Å². The Kier molecular flexibility index (Phi) is 5.44. The maximum atomic E-state index is 12.4. The number of primary sulfonamides is 1. The second-order valence-electron chi connectivity index (χ2n) is 6.79. The van der Waals surface area contributed by atoms with Gasteiger partial charge in [0.05, 0.1) is 18.0 Å². The first kappa shape index (κ1) is 17.9. The van der Waals surface area contributed by atoms with E-state index in [1.54, 1.807) is 12.1 Å². The Morgan fingerprint density at radius 3 is 2.22 bits per heavy atom. The van der Waals surface area contributed by atoms with Gasteiger partial charge in [0, 0.05) is 17.5 Å². The van der Waals surface area contributed by atoms with Crippen LogP contribution in [0.5, 0.6) is 0 Å². The van der Waals surface area contributed by atoms with E-state index in [0.717, 1.165) is 13.1 Å². The van der Waals surface area contributed by atoms with Gasteiger partial charge in [0.15, 0.2) is 6.04 Å². The number of sulfonamides is 1. The number of rotatable bonds is 4. The zero-order chi connectivity index (χ0) is 17.2. The van der Waals surface area contributed by atoms with Gasteiger partial charge in [-0.15, -0.1) is 0 Å². The van der Waals surface area contributed by atoms with Crippen molar-refractivity contribution in [3.05, 3.63) is 24.3 Å². The van der Waals surface area contributed by atoms with Crippen molar-refractivity contribution in [2.24, 2.45) is 17.0 Å². The predicted octanol–water partition coefficient (Wildman–Crippen LogP) is 0.222. The van der Waals surface area contributed by atoms with Crippen molar-refractivity contribution in [2.45, 2.75) is 38.1 Å². The highest BCUT2D eigenvalue weighted by atomic mass is 32.2. The summed E-state index contributed by atoms with van der Waals surface area (Å²) < 4.78 is 22.5. The number of hydrogen-bond acceptors (Lipinski definition) is 3. The number of piperidine rings is 1. The summed E-state index contributed by atoms with van der Waals surface area (Å²) in [7, 11) is -3.71. The van der Waals surface area contributed by atoms with Gasteiger partial charge in [-0.3, -0.25) is 4.79 Å². The van der Waals surface area contributed by atoms with Crippen molar-refractivity contribution in [3.8, 4) is 0 Å². The fraction of sp³-hybridized carbons (Fsp3) is 0.562. The summed E-state index contributed by atoms with van der Waals surface area (Å²) in [6.45, 7) is 8.40. The van der Waals surface area contributed by atoms with Gasteiger partial charge in [0.2, 0.25) is 10.0 Å². The molecular formula is C16H26N3O3S+. The number of carbonyl (C=O) groups excluding carboxylic acids is 1. The Bertz CT molecular complexity index is 648. The molecule has 1 aromatic carbocycles. The standard InChI is InChI=1S/C16H25N3O3S/c1-11-8-12(2)10-19(9-11)13(3)16(20)18-14-4-6-15(7-5-14)23(17,21)22/h4-7,11-13H,8-10H2,1-3H3,(H,18,20)(H2,17,21,22)/p+1/t11-,12-,13+/m1/s1. The third kappa shape index (κ3) is 4.76. The highest BCUT2D eigenvalue weighted by Crippen LogP contribution is 2.14. The number of hydrogen-bond donors (Lipinski definition) is 3. The molecule has 1 fully saturated rings. The summed E-state index contributed by atoms with van der Waals surface area (Å²) in [5.74, 6) is 1.20. The van der Waals surface area contributed by atoms with E-state index in [1.807, 2.05) is 6.92 Å². The van der Waals surface area contributed by atoms with Crippen molar-refractivity contribution < 1.29 is 18.1 Å². The van der Waals surface area contributed by atoms with E-state index >= 15 is 0 Å². The average molecular weight is 340 g/mol. The Morgan fingerprint density at radius 2 is 1.74 bits per heavy atom. The SMILES string of the molecule is C[C@@H]1C[C@@H](C)C[NH+]([C@@H](C)C(=O)Nc2ccc(S(N)(=O)=O)cc2)C1. The van der Waals surface area contributed by atoms with E-state index in [1.165, 1.54) is 23.5 Å². The van der Waals surface area contributed by atoms with Crippen molar-refractivity contribution in [3.63, 3.8) is 0 Å². The highest BCUT2D eigenvalue weighted by molar-refractivity contribution is 7.89. The van der Waals surface area contributed by atoms with E-state index in [2.05, 4.69) is 19.2 Å². The fourth-order valence-electron chi connectivity index (χ4n) is 3.35. The third-order valence-electron chi connectivity index (χ3n) is 4.48. The molecule has 0 aliphatic carbocycles. The zero-order valence-electron chi connectivity index (χ0n) is 13.9. The molecule has 2 rings (SSSR count). The maximum absolute atomic E-state index is 12.4. The lowest BCUT2D eigenvalue weighted by molar-refractivity contribution is -0.925. The Morgan fingerprint density at radius 1 is 1.22 bits per heavy atom. The van der Waals surface area contributed by atoms with Gasteiger partial charge >= 0.3 is 0 Å². The number of anilines is 1. The van der Waals surface area contributed by atoms with Crippen molar-refractivity contribution in [1.29, 1.82) is 0 Å². The van der Waals surface area contributed by atoms with E-state index in [-0.39, 0.29) is 16.8 Å². The molecular weight excluding hydrogens is 314 g/mol. The van der Waals surface area contributed by atoms with Gasteiger partial charge in [-0.1, -0.05) is 13.8 Å². The van der Waals surface area contributed by atoms with Crippen LogP contribution in [-0.4, -0.2) is 33.5 Å². The number of nitrogens with one attached hydrogen (secondary N) is 2. The quantitative estimate of drug-likeness (QED) is 0.732. The first-order valence-electron chi connectivity index (χ1n) is 7.95. The van der Waals surface area contributed by atoms with Gasteiger partial charge in [-0.2, -0.15) is 0 Å². The third-order valence-corrected chi connectivity index (χ3v) is 5.41. The average Bonchev–Trinajstić information content (AvgIpc) is 2.45. The van der Waals surface area contributed by atoms with E-state index in [0.29, 0.717) is 17.5 Å². The van der Waals surface area contributed by atoms with E-state index < -0.39 is 10.0 Å². The molecule has 7 heteroatoms. The maximum Gasteiger partial charge on any atom is 0.282 e. The van der Waals surface area contributed by atoms with Crippen LogP contribution in [0.2, 0.25) is 0 Å². The fourth-order valence-corrected chi connectivity index (χ4v) is 3.86. The van der Waals surface area contributed by atoms with Crippen molar-refractivity contribution in [2.75, 3.05) is 18.4 Å². The van der Waals surface area contributed by atoms with Crippen LogP contribution in [0.15, 0.2) is 29.2 Å². The molecule has 1 aromatic rings. The summed E-state index contributed by atoms with van der Waals surface area (Å²) in [4.78, 5) is 13.8. The van der Waals surface area contributed by atoms with Crippen LogP contribution in [0.1, 0.15) is 27.2 Å². The first-order chi connectivity index (χ1) is 10.7. The van der Waals surface area contributed by atoms with Crippen LogP contribution in [0.25, 0.3) is 0 Å². The Labute approximate surface area is 138 Å². The number of quaternary nitrogens is 1. The largest absolute Gasteiger partial charge is 0.324 e. The number of benzene rings is 1. The molecule has 0 radical (unpaired) electrons. The summed E-state index contributed by atoms with van der Waals surface area (Å²) in [5.41, 5.74) is 0.576. The summed E-state index contributed by atoms with van der Waals surface area (Å²) >= 11 is 0. The number of nitrogens with two attached hydrogens (primary N) is 1. The molecule has 1 amide bonds. The van der Waals surface area contributed by atoms with Gasteiger partial charge in [0.1, 0.15) is 0 Å². The van der Waals surface area contributed by atoms with Gasteiger partial charge < -0.3 is 10.2 Å². The minimum Gasteiger partial charge on any atom is -0.324 e. The monoisotopic (exact) mass is 340 g/mol. The molecule has 0 bridgehead atoms. The van der Waals surface area contributed by atoms with Gasteiger partial charge in [0.25, 0.3) is 5.91 Å². The number of carbonyl (C=O) groups is 1. The van der Waals surface area contributed by atoms with E-state index in [4.69, 9.17) is 5.14 Å². The Balaban J connectivity index is 2.01. The second-order valence-corrected chi connectivity index (χ2v) is 8.35. The van der Waals surface area contributed by atoms with Crippen LogP contribution < -0.4 is 15.4 Å². The van der Waals surface area contributed by atoms with Crippen LogP contribution in [0, 0.1) is 11.8 Å². The van der Waals surface area contributed by atoms with Gasteiger partial charge in [-0.25, -0.2) is 13.6 Å². The van der Waals surface area contributed by atoms with Crippen LogP contribution in [-0.2, 0) is 14.8 Å². The molecule has 0 unspecified atom stereocenters. The minimum absolute atomic E-state index is 0.0350. The number of amides is 1. The molecule has 4 N–H and O–H groups in total. The summed E-state index contributed by atoms with van der Waals surface area (Å²) in [6, 6.07) is 5.77. The summed E-state index contributed by atoms with van der Waals surface area (Å²) in [6.07, 6.45) is 1.22. The minimum atomic E-state index is -3.71. The molecule has 128 valence electrons. The zero-order valence-corrected chi connectivity index (χ0v) is 14.7. The highest BCUT2D eigenvalue weighted by Gasteiger charge is 2.32. The molecule has 1 aliphatic heterocycles. The predicted molar refractivity (Wildman–Crippen MR) is 89.5 cm³/mol. The van der Waals surface area contributed by atoms with Crippen LogP contribution >= 0.6 is 0 Å². The molecule has 1 aliphatic rings. The summed E-state index contributed by atoms with van der Waals surface area (Å²) in [5, 5.41) is 7.91. The lowest BCUT2D eigenvalue weighted by Crippen LogP contribution is -3.18. The van der Waals surface area contributed by atoms with E-state index in [9.17, 15) is 13.2 Å². The molecule has 6 nitrogen and oxygen atoms in total. The molecule has 0 aromatic heterocycles. The first-order valence-corrected chi connectivity index (χ1v) is 9.49. The number of likely N-dealkylation sites (tertiary alicyclic amines) is 1. The lowest BCUT2D eigenvalue weighted by atomic mass is 9.91. The molecule has 0 saturated carbocycles. The van der Waals surface area contributed by atoms with Gasteiger partial charge in [-0.05, 0) is 37.6 Å². The molecule has 0 spiro atoms. The molecule has 3 atom stereocenters. The van der Waals surface area contributed by atoms with Crippen LogP contribution in [0.3, 0.4) is 0 Å². The Hall–Kier alpha value is -1.44. The van der Waals surface area contributed by atoms with Crippen molar-refractivity contribution >= 4 is 21.6 Å². The smallest absolute Gasteiger partial charge is 0.282 e. The normalized spacial score (nSPS) is 26.5. The second kappa shape index (κ2) is 6.98. The van der Waals surface area contributed by atoms with Crippen molar-refractivity contribution in [1.82, 2.24) is 0 Å². The lowest BCUT2D eigenvalue weighted by Gasteiger charge is -2.35. The molecule has 1 saturated heterocycles. The topological polar surface area (TPSA) is 93.7 Å². The molecule has 23 heavy (non-hydrogen) atoms.